The van der Waals surface area contributed by atoms with E-state index in [1.165, 1.54) is 19.2 Å². The van der Waals surface area contributed by atoms with Crippen LogP contribution in [0.3, 0.4) is 0 Å². The number of anilines is 1. The number of alkyl halides is 2. The van der Waals surface area contributed by atoms with Gasteiger partial charge in [0, 0.05) is 12.7 Å². The number of ether oxygens (including phenoxy) is 1. The lowest BCUT2D eigenvalue weighted by Gasteiger charge is -2.17. The molecule has 0 heterocycles. The molecule has 0 saturated carbocycles. The molecule has 0 spiro atoms. The summed E-state index contributed by atoms with van der Waals surface area (Å²) in [5.41, 5.74) is 0.407. The van der Waals surface area contributed by atoms with Crippen molar-refractivity contribution in [1.82, 2.24) is 0 Å². The van der Waals surface area contributed by atoms with Crippen molar-refractivity contribution in [3.63, 3.8) is 0 Å². The SMILES string of the molecule is COCc1ccccc1NS(=O)(=O)C(F)(F)CO. The monoisotopic (exact) mass is 281 g/mol. The molecule has 0 bridgehead atoms. The number of rotatable bonds is 6. The van der Waals surface area contributed by atoms with E-state index in [2.05, 4.69) is 0 Å². The molecular weight excluding hydrogens is 268 g/mol. The molecule has 0 saturated heterocycles. The number of hydrogen-bond donors (Lipinski definition) is 2. The van der Waals surface area contributed by atoms with Gasteiger partial charge in [-0.25, -0.2) is 8.42 Å². The normalized spacial score (nSPS) is 12.4. The number of sulfonamides is 1. The van der Waals surface area contributed by atoms with Gasteiger partial charge in [0.25, 0.3) is 0 Å². The van der Waals surface area contributed by atoms with Gasteiger partial charge in [0.2, 0.25) is 0 Å². The quantitative estimate of drug-likeness (QED) is 0.820. The summed E-state index contributed by atoms with van der Waals surface area (Å²) in [6.07, 6.45) is 0. The Labute approximate surface area is 103 Å². The third kappa shape index (κ3) is 3.15. The largest absolute Gasteiger partial charge is 0.389 e. The Kier molecular flexibility index (Phi) is 4.60. The molecule has 0 aliphatic rings. The maximum atomic E-state index is 13.0. The van der Waals surface area contributed by atoms with Gasteiger partial charge >= 0.3 is 15.3 Å². The molecule has 1 rings (SSSR count). The van der Waals surface area contributed by atoms with E-state index in [-0.39, 0.29) is 12.3 Å². The van der Waals surface area contributed by atoms with Crippen LogP contribution in [-0.4, -0.2) is 32.5 Å². The summed E-state index contributed by atoms with van der Waals surface area (Å²) in [5, 5.41) is 4.14. The second-order valence-corrected chi connectivity index (χ2v) is 5.30. The van der Waals surface area contributed by atoms with Crippen molar-refractivity contribution in [3.8, 4) is 0 Å². The van der Waals surface area contributed by atoms with Crippen molar-refractivity contribution in [3.05, 3.63) is 29.8 Å². The summed E-state index contributed by atoms with van der Waals surface area (Å²) in [6.45, 7) is -1.71. The highest BCUT2D eigenvalue weighted by molar-refractivity contribution is 7.93. The van der Waals surface area contributed by atoms with E-state index >= 15 is 0 Å². The lowest BCUT2D eigenvalue weighted by Crippen LogP contribution is -2.37. The minimum Gasteiger partial charge on any atom is -0.389 e. The minimum absolute atomic E-state index is 0.00697. The summed E-state index contributed by atoms with van der Waals surface area (Å²) in [4.78, 5) is 0. The predicted octanol–water partition coefficient (Wildman–Crippen LogP) is 1.16. The molecule has 1 aromatic rings. The average Bonchev–Trinajstić information content (AvgIpc) is 2.31. The Morgan fingerprint density at radius 2 is 2.00 bits per heavy atom. The van der Waals surface area contributed by atoms with Gasteiger partial charge in [0.1, 0.15) is 6.61 Å². The molecule has 0 fully saturated rings. The zero-order valence-electron chi connectivity index (χ0n) is 9.56. The van der Waals surface area contributed by atoms with E-state index in [9.17, 15) is 17.2 Å². The van der Waals surface area contributed by atoms with Crippen LogP contribution in [0.2, 0.25) is 0 Å². The van der Waals surface area contributed by atoms with Crippen molar-refractivity contribution < 1.29 is 27.0 Å². The Morgan fingerprint density at radius 3 is 2.56 bits per heavy atom. The second-order valence-electron chi connectivity index (χ2n) is 3.49. The molecule has 8 heteroatoms. The van der Waals surface area contributed by atoms with Gasteiger partial charge in [-0.1, -0.05) is 18.2 Å². The molecule has 0 aliphatic heterocycles. The summed E-state index contributed by atoms with van der Waals surface area (Å²) in [7, 11) is -3.60. The highest BCUT2D eigenvalue weighted by Crippen LogP contribution is 2.25. The highest BCUT2D eigenvalue weighted by Gasteiger charge is 2.44. The number of benzene rings is 1. The van der Waals surface area contributed by atoms with E-state index in [4.69, 9.17) is 9.84 Å². The Balaban J connectivity index is 3.05. The van der Waals surface area contributed by atoms with Crippen molar-refractivity contribution in [1.29, 1.82) is 0 Å². The molecule has 0 radical (unpaired) electrons. The van der Waals surface area contributed by atoms with E-state index in [1.54, 1.807) is 16.9 Å². The topological polar surface area (TPSA) is 75.6 Å². The maximum Gasteiger partial charge on any atom is 0.386 e. The van der Waals surface area contributed by atoms with Crippen molar-refractivity contribution >= 4 is 15.7 Å². The zero-order valence-corrected chi connectivity index (χ0v) is 10.4. The van der Waals surface area contributed by atoms with E-state index in [1.807, 2.05) is 0 Å². The van der Waals surface area contributed by atoms with Gasteiger partial charge in [0.15, 0.2) is 0 Å². The molecule has 2 N–H and O–H groups in total. The molecule has 0 atom stereocenters. The van der Waals surface area contributed by atoms with Gasteiger partial charge in [0.05, 0.1) is 12.3 Å². The summed E-state index contributed by atoms with van der Waals surface area (Å²) in [5.74, 6) is 0. The van der Waals surface area contributed by atoms with Crippen LogP contribution in [-0.2, 0) is 21.4 Å². The summed E-state index contributed by atoms with van der Waals surface area (Å²) >= 11 is 0. The highest BCUT2D eigenvalue weighted by atomic mass is 32.2. The van der Waals surface area contributed by atoms with Crippen molar-refractivity contribution in [2.75, 3.05) is 18.4 Å². The van der Waals surface area contributed by atoms with Crippen LogP contribution >= 0.6 is 0 Å². The lowest BCUT2D eigenvalue weighted by molar-refractivity contribution is 0.0269. The molecule has 0 amide bonds. The number of nitrogens with one attached hydrogen (secondary N) is 1. The van der Waals surface area contributed by atoms with E-state index in [0.717, 1.165) is 0 Å². The van der Waals surface area contributed by atoms with E-state index < -0.39 is 21.9 Å². The van der Waals surface area contributed by atoms with Crippen LogP contribution in [0.5, 0.6) is 0 Å². The Hall–Kier alpha value is -1.25. The van der Waals surface area contributed by atoms with Gasteiger partial charge in [-0.05, 0) is 6.07 Å². The standard InChI is InChI=1S/C10H13F2NO4S/c1-17-6-8-4-2-3-5-9(8)13-18(15,16)10(11,12)7-14/h2-5,13-14H,6-7H2,1H3. The first-order chi connectivity index (χ1) is 8.34. The van der Waals surface area contributed by atoms with Gasteiger partial charge < -0.3 is 9.84 Å². The number of aliphatic hydroxyl groups excluding tert-OH is 1. The fourth-order valence-electron chi connectivity index (χ4n) is 1.21. The van der Waals surface area contributed by atoms with Crippen LogP contribution in [0.4, 0.5) is 14.5 Å². The molecule has 102 valence electrons. The van der Waals surface area contributed by atoms with Gasteiger partial charge in [-0.2, -0.15) is 8.78 Å². The zero-order chi connectivity index (χ0) is 13.8. The summed E-state index contributed by atoms with van der Waals surface area (Å²) < 4.78 is 55.3. The predicted molar refractivity (Wildman–Crippen MR) is 61.7 cm³/mol. The molecule has 0 aliphatic carbocycles. The first kappa shape index (κ1) is 14.8. The molecule has 18 heavy (non-hydrogen) atoms. The number of para-hydroxylation sites is 1. The van der Waals surface area contributed by atoms with Gasteiger partial charge in [-0.3, -0.25) is 4.72 Å². The van der Waals surface area contributed by atoms with Crippen molar-refractivity contribution in [2.24, 2.45) is 0 Å². The van der Waals surface area contributed by atoms with Crippen LogP contribution in [0.25, 0.3) is 0 Å². The number of methoxy groups -OCH3 is 1. The fourth-order valence-corrected chi connectivity index (χ4v) is 2.01. The van der Waals surface area contributed by atoms with Gasteiger partial charge in [-0.15, -0.1) is 0 Å². The third-order valence-electron chi connectivity index (χ3n) is 2.14. The fraction of sp³-hybridized carbons (Fsp3) is 0.400. The third-order valence-corrected chi connectivity index (χ3v) is 3.54. The van der Waals surface area contributed by atoms with Crippen LogP contribution in [0, 0.1) is 0 Å². The minimum atomic E-state index is -4.99. The first-order valence-corrected chi connectivity index (χ1v) is 6.40. The molecule has 1 aromatic carbocycles. The van der Waals surface area contributed by atoms with Crippen LogP contribution < -0.4 is 4.72 Å². The summed E-state index contributed by atoms with van der Waals surface area (Å²) in [6, 6.07) is 5.99. The number of hydrogen-bond acceptors (Lipinski definition) is 4. The molecular formula is C10H13F2NO4S. The Bertz CT molecular complexity index is 504. The number of halogens is 2. The average molecular weight is 281 g/mol. The van der Waals surface area contributed by atoms with Crippen molar-refractivity contribution in [2.45, 2.75) is 11.9 Å². The molecule has 0 aromatic heterocycles. The number of aliphatic hydroxyl groups is 1. The molecule has 0 unspecified atom stereocenters. The second kappa shape index (κ2) is 5.59. The lowest BCUT2D eigenvalue weighted by atomic mass is 10.2. The van der Waals surface area contributed by atoms with E-state index in [0.29, 0.717) is 5.56 Å². The van der Waals surface area contributed by atoms with Crippen LogP contribution in [0.15, 0.2) is 24.3 Å². The van der Waals surface area contributed by atoms with Crippen LogP contribution in [0.1, 0.15) is 5.56 Å². The maximum absolute atomic E-state index is 13.0. The molecule has 5 nitrogen and oxygen atoms in total. The Morgan fingerprint density at radius 1 is 1.39 bits per heavy atom. The smallest absolute Gasteiger partial charge is 0.386 e. The first-order valence-electron chi connectivity index (χ1n) is 4.92.